The number of alkyl carbamates (subject to hydrolysis) is 1. The second kappa shape index (κ2) is 21.3. The number of carbonyl (C=O) groups excluding carboxylic acids is 3. The average Bonchev–Trinajstić information content (AvgIpc) is 3.66. The van der Waals surface area contributed by atoms with Crippen molar-refractivity contribution in [3.63, 3.8) is 0 Å². The summed E-state index contributed by atoms with van der Waals surface area (Å²) in [5.74, 6) is -1.15. The molecule has 0 spiro atoms. The lowest BCUT2D eigenvalue weighted by Crippen LogP contribution is -2.58. The minimum absolute atomic E-state index is 0.00416. The highest BCUT2D eigenvalue weighted by atomic mass is 16.6. The second-order valence-electron chi connectivity index (χ2n) is 14.7. The van der Waals surface area contributed by atoms with Crippen LogP contribution in [0.25, 0.3) is 10.9 Å². The fourth-order valence-electron chi connectivity index (χ4n) is 7.48. The SMILES string of the molecule is COC(=O)[C@@H](Cc1c([C@@H]2O[C@@H](COC(C)=O)[C@H](OCc3ccccc3)[C@@H](OCc3ccccc3)[C@H]2OCc2ccccc2)[nH]c2ccccc12)NC(=O)OCc1ccccc1. The number of H-pyrrole nitrogens is 1. The summed E-state index contributed by atoms with van der Waals surface area (Å²) < 4.78 is 44.0. The molecule has 1 aliphatic heterocycles. The van der Waals surface area contributed by atoms with Gasteiger partial charge in [-0.05, 0) is 33.9 Å². The number of methoxy groups -OCH3 is 1. The molecule has 2 N–H and O–H groups in total. The summed E-state index contributed by atoms with van der Waals surface area (Å²) in [5, 5.41) is 3.52. The molecule has 2 heterocycles. The van der Waals surface area contributed by atoms with E-state index in [1.54, 1.807) is 0 Å². The summed E-state index contributed by atoms with van der Waals surface area (Å²) >= 11 is 0. The van der Waals surface area contributed by atoms with Gasteiger partial charge in [-0.25, -0.2) is 9.59 Å². The summed E-state index contributed by atoms with van der Waals surface area (Å²) in [7, 11) is 1.27. The Morgan fingerprint density at radius 1 is 0.623 bits per heavy atom. The normalized spacial score (nSPS) is 19.1. The molecule has 12 heteroatoms. The van der Waals surface area contributed by atoms with Crippen LogP contribution >= 0.6 is 0 Å². The van der Waals surface area contributed by atoms with E-state index in [1.165, 1.54) is 14.0 Å². The summed E-state index contributed by atoms with van der Waals surface area (Å²) in [6.45, 7) is 1.85. The number of hydrogen-bond donors (Lipinski definition) is 2. The van der Waals surface area contributed by atoms with Crippen LogP contribution in [0.15, 0.2) is 146 Å². The molecule has 1 fully saturated rings. The van der Waals surface area contributed by atoms with E-state index in [0.717, 1.165) is 33.2 Å². The number of amides is 1. The third-order valence-electron chi connectivity index (χ3n) is 10.5. The lowest BCUT2D eigenvalue weighted by Gasteiger charge is -2.46. The molecule has 5 aromatic carbocycles. The maximum Gasteiger partial charge on any atom is 0.408 e. The van der Waals surface area contributed by atoms with Gasteiger partial charge in [-0.3, -0.25) is 4.79 Å². The molecule has 1 aliphatic rings. The van der Waals surface area contributed by atoms with Gasteiger partial charge in [0.15, 0.2) is 0 Å². The third-order valence-corrected chi connectivity index (χ3v) is 10.5. The maximum atomic E-state index is 13.5. The monoisotopic (exact) mass is 826 g/mol. The Bertz CT molecular complexity index is 2310. The van der Waals surface area contributed by atoms with Gasteiger partial charge in [0.1, 0.15) is 49.8 Å². The zero-order chi connectivity index (χ0) is 42.4. The molecular weight excluding hydrogens is 777 g/mol. The highest BCUT2D eigenvalue weighted by molar-refractivity contribution is 5.87. The number of hydrogen-bond acceptors (Lipinski definition) is 10. The van der Waals surface area contributed by atoms with Crippen molar-refractivity contribution < 1.29 is 47.5 Å². The average molecular weight is 827 g/mol. The molecule has 12 nitrogen and oxygen atoms in total. The van der Waals surface area contributed by atoms with Gasteiger partial charge in [0.25, 0.3) is 0 Å². The van der Waals surface area contributed by atoms with Gasteiger partial charge in [-0.1, -0.05) is 140 Å². The molecule has 6 aromatic rings. The van der Waals surface area contributed by atoms with E-state index in [4.69, 9.17) is 33.2 Å². The van der Waals surface area contributed by atoms with E-state index in [-0.39, 0.29) is 39.5 Å². The fourth-order valence-corrected chi connectivity index (χ4v) is 7.48. The van der Waals surface area contributed by atoms with E-state index < -0.39 is 54.6 Å². The fraction of sp³-hybridized carbons (Fsp3) is 0.286. The molecule has 61 heavy (non-hydrogen) atoms. The van der Waals surface area contributed by atoms with Gasteiger partial charge in [0.2, 0.25) is 0 Å². The van der Waals surface area contributed by atoms with Crippen LogP contribution in [-0.4, -0.2) is 67.2 Å². The van der Waals surface area contributed by atoms with Crippen molar-refractivity contribution in [1.29, 1.82) is 0 Å². The Morgan fingerprint density at radius 3 is 1.66 bits per heavy atom. The van der Waals surface area contributed by atoms with Crippen LogP contribution in [0.3, 0.4) is 0 Å². The van der Waals surface area contributed by atoms with Gasteiger partial charge in [0.05, 0.1) is 32.6 Å². The summed E-state index contributed by atoms with van der Waals surface area (Å²) in [4.78, 5) is 42.6. The highest BCUT2D eigenvalue weighted by Gasteiger charge is 2.50. The van der Waals surface area contributed by atoms with E-state index in [9.17, 15) is 14.4 Å². The Balaban J connectivity index is 1.29. The number of esters is 2. The van der Waals surface area contributed by atoms with Crippen LogP contribution in [0.4, 0.5) is 4.79 Å². The number of para-hydroxylation sites is 1. The first-order valence-corrected chi connectivity index (χ1v) is 20.3. The lowest BCUT2D eigenvalue weighted by atomic mass is 9.89. The Kier molecular flexibility index (Phi) is 14.9. The molecular formula is C49H50N2O10. The first-order valence-electron chi connectivity index (χ1n) is 20.3. The van der Waals surface area contributed by atoms with E-state index >= 15 is 0 Å². The van der Waals surface area contributed by atoms with Crippen molar-refractivity contribution in [2.45, 2.75) is 76.3 Å². The lowest BCUT2D eigenvalue weighted by molar-refractivity contribution is -0.274. The van der Waals surface area contributed by atoms with Crippen LogP contribution in [0.1, 0.15) is 46.5 Å². The van der Waals surface area contributed by atoms with Crippen molar-refractivity contribution in [1.82, 2.24) is 10.3 Å². The smallest absolute Gasteiger partial charge is 0.408 e. The van der Waals surface area contributed by atoms with Crippen molar-refractivity contribution in [2.75, 3.05) is 13.7 Å². The number of fused-ring (bicyclic) bond motifs is 1. The predicted octanol–water partition coefficient (Wildman–Crippen LogP) is 7.94. The molecule has 0 bridgehead atoms. The van der Waals surface area contributed by atoms with Crippen LogP contribution in [0.5, 0.6) is 0 Å². The van der Waals surface area contributed by atoms with Gasteiger partial charge in [0, 0.05) is 24.2 Å². The van der Waals surface area contributed by atoms with Crippen LogP contribution < -0.4 is 5.32 Å². The molecule has 1 aromatic heterocycles. The zero-order valence-corrected chi connectivity index (χ0v) is 34.1. The highest BCUT2D eigenvalue weighted by Crippen LogP contribution is 2.41. The van der Waals surface area contributed by atoms with Crippen LogP contribution in [0.2, 0.25) is 0 Å². The standard InChI is InChI=1S/C49H50N2O10/c1-33(52)56-32-42-44(57-28-34-17-7-3-8-18-34)46(58-29-35-19-9-4-10-20-35)47(59-30-36-21-11-5-12-22-36)45(61-42)43-39(38-25-15-16-26-40(38)50-43)27-41(48(53)55-2)51-49(54)60-31-37-23-13-6-14-24-37/h3-26,41-42,44-47,50H,27-32H2,1-2H3,(H,51,54)/t41-,42+,44+,45+,46-,47+/m1/s1. The Labute approximate surface area is 355 Å². The van der Waals surface area contributed by atoms with Crippen LogP contribution in [-0.2, 0) is 75.6 Å². The quantitative estimate of drug-likeness (QED) is 0.0648. The summed E-state index contributed by atoms with van der Waals surface area (Å²) in [5.41, 5.74) is 5.59. The van der Waals surface area contributed by atoms with Gasteiger partial charge in [-0.15, -0.1) is 0 Å². The zero-order valence-electron chi connectivity index (χ0n) is 34.1. The molecule has 316 valence electrons. The minimum Gasteiger partial charge on any atom is -0.467 e. The van der Waals surface area contributed by atoms with Crippen molar-refractivity contribution in [3.05, 3.63) is 179 Å². The maximum absolute atomic E-state index is 13.5. The molecule has 7 rings (SSSR count). The second-order valence-corrected chi connectivity index (χ2v) is 14.7. The number of aromatic nitrogens is 1. The predicted molar refractivity (Wildman–Crippen MR) is 227 cm³/mol. The number of rotatable bonds is 18. The first kappa shape index (κ1) is 42.8. The summed E-state index contributed by atoms with van der Waals surface area (Å²) in [6, 6.07) is 45.1. The van der Waals surface area contributed by atoms with Gasteiger partial charge < -0.3 is 43.5 Å². The van der Waals surface area contributed by atoms with Gasteiger partial charge >= 0.3 is 18.0 Å². The molecule has 0 radical (unpaired) electrons. The number of carbonyl (C=O) groups is 3. The van der Waals surface area contributed by atoms with E-state index in [2.05, 4.69) is 10.3 Å². The summed E-state index contributed by atoms with van der Waals surface area (Å²) in [6.07, 6.45) is -4.91. The number of ether oxygens (including phenoxy) is 7. The minimum atomic E-state index is -1.15. The topological polar surface area (TPSA) is 144 Å². The largest absolute Gasteiger partial charge is 0.467 e. The molecule has 0 unspecified atom stereocenters. The third kappa shape index (κ3) is 11.5. The Morgan fingerprint density at radius 2 is 1.11 bits per heavy atom. The van der Waals surface area contributed by atoms with Crippen molar-refractivity contribution >= 4 is 28.9 Å². The van der Waals surface area contributed by atoms with Crippen molar-refractivity contribution in [3.8, 4) is 0 Å². The molecule has 0 aliphatic carbocycles. The number of nitrogens with one attached hydrogen (secondary N) is 2. The van der Waals surface area contributed by atoms with Crippen LogP contribution in [0, 0.1) is 0 Å². The Hall–Kier alpha value is -6.31. The molecule has 0 saturated carbocycles. The van der Waals surface area contributed by atoms with Gasteiger partial charge in [-0.2, -0.15) is 0 Å². The number of benzene rings is 5. The first-order chi connectivity index (χ1) is 29.9. The molecule has 1 amide bonds. The molecule has 6 atom stereocenters. The molecule has 1 saturated heterocycles. The van der Waals surface area contributed by atoms with E-state index in [1.807, 2.05) is 146 Å². The van der Waals surface area contributed by atoms with E-state index in [0.29, 0.717) is 11.3 Å². The number of aromatic amines is 1. The van der Waals surface area contributed by atoms with Crippen molar-refractivity contribution in [2.24, 2.45) is 0 Å².